The van der Waals surface area contributed by atoms with Crippen LogP contribution in [0.25, 0.3) is 0 Å². The third-order valence-corrected chi connectivity index (χ3v) is 5.43. The Bertz CT molecular complexity index is 1110. The van der Waals surface area contributed by atoms with Crippen molar-refractivity contribution in [3.05, 3.63) is 89.0 Å². The van der Waals surface area contributed by atoms with Crippen molar-refractivity contribution in [1.82, 2.24) is 0 Å². The number of hydrogen-bond donors (Lipinski definition) is 1. The van der Waals surface area contributed by atoms with Crippen molar-refractivity contribution in [1.29, 1.82) is 0 Å². The minimum absolute atomic E-state index is 0.0986. The van der Waals surface area contributed by atoms with Crippen molar-refractivity contribution in [3.63, 3.8) is 0 Å². The molecule has 0 bridgehead atoms. The molecule has 0 aromatic heterocycles. The maximum atomic E-state index is 13.4. The molecule has 2 heterocycles. The summed E-state index contributed by atoms with van der Waals surface area (Å²) in [6.07, 6.45) is 2.59. The van der Waals surface area contributed by atoms with Crippen LogP contribution in [0.15, 0.2) is 71.7 Å². The van der Waals surface area contributed by atoms with Gasteiger partial charge in [0, 0.05) is 30.0 Å². The Morgan fingerprint density at radius 1 is 1.07 bits per heavy atom. The topological polar surface area (TPSA) is 62.1 Å². The minimum atomic E-state index is -0.214. The van der Waals surface area contributed by atoms with Crippen LogP contribution in [0.4, 0.5) is 11.4 Å². The maximum absolute atomic E-state index is 13.4. The number of nitrogens with zero attached hydrogens (tertiary/aromatic N) is 2. The highest BCUT2D eigenvalue weighted by Crippen LogP contribution is 2.38. The Kier molecular flexibility index (Phi) is 4.37. The molecule has 29 heavy (non-hydrogen) atoms. The van der Waals surface area contributed by atoms with Crippen molar-refractivity contribution >= 4 is 23.5 Å². The smallest absolute Gasteiger partial charge is 0.261 e. The number of aliphatic hydroxyl groups excluding tert-OH is 1. The Hall–Kier alpha value is -3.44. The van der Waals surface area contributed by atoms with Gasteiger partial charge in [0.15, 0.2) is 0 Å². The normalized spacial score (nSPS) is 16.8. The molecule has 0 aliphatic carbocycles. The SMILES string of the molecule is O=C1c2cc(CO)c(OCc3ccccc3)cc2N=C[C@@H]2Cc3ccccc3N12. The fourth-order valence-electron chi connectivity index (χ4n) is 3.97. The first-order valence-electron chi connectivity index (χ1n) is 9.65. The van der Waals surface area contributed by atoms with E-state index in [0.29, 0.717) is 29.2 Å². The molecule has 0 spiro atoms. The highest BCUT2D eigenvalue weighted by molar-refractivity contribution is 6.14. The molecular weight excluding hydrogens is 364 g/mol. The number of carbonyl (C=O) groups excluding carboxylic acids is 1. The molecule has 1 amide bonds. The summed E-state index contributed by atoms with van der Waals surface area (Å²) in [4.78, 5) is 19.8. The summed E-state index contributed by atoms with van der Waals surface area (Å²) in [5.74, 6) is 0.444. The number of fused-ring (bicyclic) bond motifs is 4. The van der Waals surface area contributed by atoms with E-state index < -0.39 is 0 Å². The zero-order valence-corrected chi connectivity index (χ0v) is 15.8. The largest absolute Gasteiger partial charge is 0.488 e. The van der Waals surface area contributed by atoms with Gasteiger partial charge in [-0.1, -0.05) is 48.5 Å². The molecule has 3 aromatic rings. The van der Waals surface area contributed by atoms with E-state index in [4.69, 9.17) is 4.74 Å². The summed E-state index contributed by atoms with van der Waals surface area (Å²) in [7, 11) is 0. The van der Waals surface area contributed by atoms with Crippen LogP contribution in [0.5, 0.6) is 5.75 Å². The number of carbonyl (C=O) groups is 1. The van der Waals surface area contributed by atoms with Crippen LogP contribution in [-0.4, -0.2) is 23.3 Å². The first kappa shape index (κ1) is 17.6. The maximum Gasteiger partial charge on any atom is 0.261 e. The molecular formula is C24H20N2O3. The second-order valence-corrected chi connectivity index (χ2v) is 7.26. The quantitative estimate of drug-likeness (QED) is 0.738. The third-order valence-electron chi connectivity index (χ3n) is 5.43. The fraction of sp³-hybridized carbons (Fsp3) is 0.167. The summed E-state index contributed by atoms with van der Waals surface area (Å²) < 4.78 is 5.95. The molecule has 1 atom stereocenters. The van der Waals surface area contributed by atoms with Crippen molar-refractivity contribution in [2.24, 2.45) is 4.99 Å². The summed E-state index contributed by atoms with van der Waals surface area (Å²) >= 11 is 0. The summed E-state index contributed by atoms with van der Waals surface area (Å²) in [6, 6.07) is 21.1. The lowest BCUT2D eigenvalue weighted by Crippen LogP contribution is -2.37. The van der Waals surface area contributed by atoms with Crippen LogP contribution in [0.3, 0.4) is 0 Å². The average Bonchev–Trinajstić information content (AvgIpc) is 3.08. The van der Waals surface area contributed by atoms with E-state index >= 15 is 0 Å². The van der Waals surface area contributed by atoms with E-state index in [9.17, 15) is 9.90 Å². The molecule has 0 radical (unpaired) electrons. The molecule has 0 saturated carbocycles. The van der Waals surface area contributed by atoms with Crippen LogP contribution in [0, 0.1) is 0 Å². The van der Waals surface area contributed by atoms with Gasteiger partial charge < -0.3 is 9.84 Å². The Morgan fingerprint density at radius 2 is 1.86 bits per heavy atom. The highest BCUT2D eigenvalue weighted by Gasteiger charge is 2.36. The summed E-state index contributed by atoms with van der Waals surface area (Å²) in [5.41, 5.74) is 4.73. The van der Waals surface area contributed by atoms with Crippen LogP contribution in [0.1, 0.15) is 27.0 Å². The monoisotopic (exact) mass is 384 g/mol. The van der Waals surface area contributed by atoms with Gasteiger partial charge in [0.05, 0.1) is 23.9 Å². The second-order valence-electron chi connectivity index (χ2n) is 7.26. The standard InChI is InChI=1S/C24H20N2O3/c27-14-18-11-20-21(12-23(18)29-15-16-6-2-1-3-7-16)25-13-19-10-17-8-4-5-9-22(17)26(19)24(20)28/h1-9,11-13,19,27H,10,14-15H2/t19-/m0/s1. The predicted molar refractivity (Wildman–Crippen MR) is 112 cm³/mol. The summed E-state index contributed by atoms with van der Waals surface area (Å²) in [6.45, 7) is 0.167. The van der Waals surface area contributed by atoms with Crippen LogP contribution < -0.4 is 9.64 Å². The number of aliphatic imine (C=N–C) groups is 1. The molecule has 1 N–H and O–H groups in total. The Morgan fingerprint density at radius 3 is 2.69 bits per heavy atom. The summed E-state index contributed by atoms with van der Waals surface area (Å²) in [5, 5.41) is 9.88. The van der Waals surface area contributed by atoms with Gasteiger partial charge in [-0.05, 0) is 23.3 Å². The average molecular weight is 384 g/mol. The minimum Gasteiger partial charge on any atom is -0.488 e. The highest BCUT2D eigenvalue weighted by atomic mass is 16.5. The zero-order chi connectivity index (χ0) is 19.8. The zero-order valence-electron chi connectivity index (χ0n) is 15.8. The fourth-order valence-corrected chi connectivity index (χ4v) is 3.97. The third kappa shape index (κ3) is 3.09. The number of aliphatic hydroxyl groups is 1. The van der Waals surface area contributed by atoms with Crippen LogP contribution in [-0.2, 0) is 19.6 Å². The van der Waals surface area contributed by atoms with Gasteiger partial charge >= 0.3 is 0 Å². The van der Waals surface area contributed by atoms with E-state index in [-0.39, 0.29) is 18.6 Å². The van der Waals surface area contributed by atoms with Crippen LogP contribution in [0.2, 0.25) is 0 Å². The lowest BCUT2D eigenvalue weighted by molar-refractivity contribution is 0.0987. The van der Waals surface area contributed by atoms with E-state index in [1.54, 1.807) is 17.0 Å². The molecule has 5 rings (SSSR count). The van der Waals surface area contributed by atoms with E-state index in [2.05, 4.69) is 4.99 Å². The van der Waals surface area contributed by atoms with Gasteiger partial charge in [0.25, 0.3) is 5.91 Å². The van der Waals surface area contributed by atoms with Gasteiger partial charge in [-0.15, -0.1) is 0 Å². The van der Waals surface area contributed by atoms with Crippen LogP contribution >= 0.6 is 0 Å². The van der Waals surface area contributed by atoms with E-state index in [1.807, 2.05) is 60.8 Å². The van der Waals surface area contributed by atoms with Crippen molar-refractivity contribution in [3.8, 4) is 5.75 Å². The second kappa shape index (κ2) is 7.18. The number of hydrogen-bond acceptors (Lipinski definition) is 4. The molecule has 3 aromatic carbocycles. The number of benzene rings is 3. The number of para-hydroxylation sites is 1. The van der Waals surface area contributed by atoms with Crippen molar-refractivity contribution < 1.29 is 14.6 Å². The first-order valence-corrected chi connectivity index (χ1v) is 9.65. The lowest BCUT2D eigenvalue weighted by Gasteiger charge is -2.22. The molecule has 0 unspecified atom stereocenters. The Labute approximate surface area is 168 Å². The lowest BCUT2D eigenvalue weighted by atomic mass is 10.1. The first-order chi connectivity index (χ1) is 14.2. The molecule has 0 fully saturated rings. The molecule has 5 nitrogen and oxygen atoms in total. The van der Waals surface area contributed by atoms with Gasteiger partial charge in [-0.2, -0.15) is 0 Å². The molecule has 144 valence electrons. The Balaban J connectivity index is 1.50. The van der Waals surface area contributed by atoms with Gasteiger partial charge in [-0.25, -0.2) is 0 Å². The van der Waals surface area contributed by atoms with E-state index in [0.717, 1.165) is 23.2 Å². The number of anilines is 1. The predicted octanol–water partition coefficient (Wildman–Crippen LogP) is 4.05. The molecule has 0 saturated heterocycles. The van der Waals surface area contributed by atoms with Gasteiger partial charge in [0.2, 0.25) is 0 Å². The molecule has 2 aliphatic heterocycles. The van der Waals surface area contributed by atoms with Gasteiger partial charge in [-0.3, -0.25) is 14.7 Å². The number of amides is 1. The van der Waals surface area contributed by atoms with Gasteiger partial charge in [0.1, 0.15) is 12.4 Å². The van der Waals surface area contributed by atoms with Crippen molar-refractivity contribution in [2.45, 2.75) is 25.7 Å². The van der Waals surface area contributed by atoms with Crippen molar-refractivity contribution in [2.75, 3.05) is 4.90 Å². The van der Waals surface area contributed by atoms with E-state index in [1.165, 1.54) is 0 Å². The molecule has 2 aliphatic rings. The number of rotatable bonds is 4. The molecule has 5 heteroatoms. The number of ether oxygens (including phenoxy) is 1.